The number of carbonyl (C=O) groups excluding carboxylic acids is 1. The maximum Gasteiger partial charge on any atom is 0.152 e. The fourth-order valence-corrected chi connectivity index (χ4v) is 4.88. The van der Waals surface area contributed by atoms with Gasteiger partial charge in [0.1, 0.15) is 6.29 Å². The molecule has 2 unspecified atom stereocenters. The van der Waals surface area contributed by atoms with Crippen molar-refractivity contribution < 1.29 is 9.18 Å². The molecule has 1 aliphatic heterocycles. The number of thioether (sulfide) groups is 1. The molecule has 2 aromatic rings. The van der Waals surface area contributed by atoms with E-state index >= 15 is 0 Å². The number of carbonyl (C=O) groups is 1. The molecule has 24 heavy (non-hydrogen) atoms. The number of rotatable bonds is 5. The van der Waals surface area contributed by atoms with Gasteiger partial charge in [0, 0.05) is 41.2 Å². The number of benzene rings is 1. The number of hydrogen-bond donors (Lipinski definition) is 2. The first-order valence-corrected chi connectivity index (χ1v) is 9.54. The largest absolute Gasteiger partial charge is 0.336 e. The van der Waals surface area contributed by atoms with Gasteiger partial charge in [0.05, 0.1) is 5.69 Å². The molecule has 2 aliphatic rings. The molecule has 2 heterocycles. The summed E-state index contributed by atoms with van der Waals surface area (Å²) in [4.78, 5) is 10.7. The lowest BCUT2D eigenvalue weighted by Crippen LogP contribution is -1.98. The molecule has 0 bridgehead atoms. The molecule has 2 atom stereocenters. The van der Waals surface area contributed by atoms with E-state index < -0.39 is 0 Å². The van der Waals surface area contributed by atoms with Crippen molar-refractivity contribution in [1.29, 1.82) is 0 Å². The fourth-order valence-electron chi connectivity index (χ4n) is 3.77. The molecule has 0 radical (unpaired) electrons. The lowest BCUT2D eigenvalue weighted by Gasteiger charge is -2.08. The van der Waals surface area contributed by atoms with Crippen molar-refractivity contribution in [2.75, 3.05) is 5.32 Å². The summed E-state index contributed by atoms with van der Waals surface area (Å²) in [6.45, 7) is 0. The Kier molecular flexibility index (Phi) is 4.31. The van der Waals surface area contributed by atoms with Crippen molar-refractivity contribution in [2.45, 2.75) is 43.1 Å². The Morgan fingerprint density at radius 1 is 1.38 bits per heavy atom. The number of aromatic nitrogens is 2. The minimum absolute atomic E-state index is 0.158. The Labute approximate surface area is 144 Å². The summed E-state index contributed by atoms with van der Waals surface area (Å²) >= 11 is 1.74. The van der Waals surface area contributed by atoms with Gasteiger partial charge in [-0.1, -0.05) is 6.07 Å². The van der Waals surface area contributed by atoms with Gasteiger partial charge in [-0.05, 0) is 36.8 Å². The number of H-pyrrole nitrogens is 1. The van der Waals surface area contributed by atoms with Gasteiger partial charge in [0.2, 0.25) is 0 Å². The summed E-state index contributed by atoms with van der Waals surface area (Å²) in [6.07, 6.45) is 4.84. The highest BCUT2D eigenvalue weighted by atomic mass is 32.2. The number of fused-ring (bicyclic) bond motifs is 1. The number of halogens is 1. The zero-order valence-electron chi connectivity index (χ0n) is 13.3. The van der Waals surface area contributed by atoms with Crippen LogP contribution in [-0.4, -0.2) is 16.5 Å². The molecule has 4 rings (SSSR count). The minimum Gasteiger partial charge on any atom is -0.336 e. The molecule has 0 amide bonds. The van der Waals surface area contributed by atoms with Crippen molar-refractivity contribution >= 4 is 29.6 Å². The molecular formula is C18H20FN3OS. The van der Waals surface area contributed by atoms with Crippen LogP contribution in [0, 0.1) is 11.7 Å². The lowest BCUT2D eigenvalue weighted by atomic mass is 10.0. The summed E-state index contributed by atoms with van der Waals surface area (Å²) < 4.78 is 14.6. The molecule has 1 aromatic carbocycles. The quantitative estimate of drug-likeness (QED) is 0.783. The minimum atomic E-state index is -0.158. The predicted molar refractivity (Wildman–Crippen MR) is 94.0 cm³/mol. The Morgan fingerprint density at radius 3 is 3.17 bits per heavy atom. The van der Waals surface area contributed by atoms with Crippen LogP contribution in [0.4, 0.5) is 15.9 Å². The normalized spacial score (nSPS) is 22.5. The van der Waals surface area contributed by atoms with Crippen LogP contribution in [0.15, 0.2) is 18.2 Å². The molecule has 126 valence electrons. The van der Waals surface area contributed by atoms with Crippen LogP contribution >= 0.6 is 11.8 Å². The monoisotopic (exact) mass is 345 g/mol. The average Bonchev–Trinajstić information content (AvgIpc) is 3.30. The smallest absolute Gasteiger partial charge is 0.152 e. The fraction of sp³-hybridized carbons (Fsp3) is 0.444. The highest BCUT2D eigenvalue weighted by molar-refractivity contribution is 7.98. The number of aldehydes is 1. The first-order chi connectivity index (χ1) is 11.7. The van der Waals surface area contributed by atoms with Crippen molar-refractivity contribution in [2.24, 2.45) is 5.92 Å². The summed E-state index contributed by atoms with van der Waals surface area (Å²) in [5, 5.41) is 10.5. The third kappa shape index (κ3) is 2.95. The molecule has 1 saturated carbocycles. The maximum atomic E-state index is 14.6. The van der Waals surface area contributed by atoms with Gasteiger partial charge < -0.3 is 10.1 Å². The second-order valence-electron chi connectivity index (χ2n) is 6.67. The summed E-state index contributed by atoms with van der Waals surface area (Å²) in [7, 11) is 0. The lowest BCUT2D eigenvalue weighted by molar-refractivity contribution is -0.108. The number of anilines is 2. The van der Waals surface area contributed by atoms with Gasteiger partial charge in [-0.3, -0.25) is 5.10 Å². The van der Waals surface area contributed by atoms with E-state index in [1.807, 2.05) is 12.1 Å². The Hall–Kier alpha value is -1.82. The first-order valence-electron chi connectivity index (χ1n) is 8.38. The standard InChI is InChI=1S/C18H20FN3OS/c19-18-14-10-24-9-13(14)3-4-15(18)20-17-8-16(21-22-17)12-2-1-11(7-12)5-6-23/h3-4,6,8,11-12H,1-2,5,7,9-10H2,(H2,20,21,22). The molecular weight excluding hydrogens is 325 g/mol. The predicted octanol–water partition coefficient (Wildman–Crippen LogP) is 4.51. The second kappa shape index (κ2) is 6.59. The number of aromatic amines is 1. The summed E-state index contributed by atoms with van der Waals surface area (Å²) in [5.41, 5.74) is 3.47. The molecule has 2 N–H and O–H groups in total. The van der Waals surface area contributed by atoms with Gasteiger partial charge >= 0.3 is 0 Å². The molecule has 1 aromatic heterocycles. The van der Waals surface area contributed by atoms with Crippen LogP contribution in [0.5, 0.6) is 0 Å². The van der Waals surface area contributed by atoms with Gasteiger partial charge in [0.15, 0.2) is 11.6 Å². The third-order valence-electron chi connectivity index (χ3n) is 5.12. The second-order valence-corrected chi connectivity index (χ2v) is 7.66. The first kappa shape index (κ1) is 15.7. The Bertz CT molecular complexity index is 761. The van der Waals surface area contributed by atoms with E-state index in [1.54, 1.807) is 17.8 Å². The summed E-state index contributed by atoms with van der Waals surface area (Å²) in [6, 6.07) is 5.76. The number of nitrogens with one attached hydrogen (secondary N) is 2. The van der Waals surface area contributed by atoms with Gasteiger partial charge in [-0.25, -0.2) is 4.39 Å². The van der Waals surface area contributed by atoms with Crippen molar-refractivity contribution in [1.82, 2.24) is 10.2 Å². The van der Waals surface area contributed by atoms with Gasteiger partial charge in [0.25, 0.3) is 0 Å². The zero-order valence-corrected chi connectivity index (χ0v) is 14.2. The zero-order chi connectivity index (χ0) is 16.5. The van der Waals surface area contributed by atoms with E-state index in [1.165, 1.54) is 0 Å². The van der Waals surface area contributed by atoms with E-state index in [2.05, 4.69) is 15.5 Å². The Morgan fingerprint density at radius 2 is 2.29 bits per heavy atom. The molecule has 0 saturated heterocycles. The van der Waals surface area contributed by atoms with Gasteiger partial charge in [-0.15, -0.1) is 0 Å². The van der Waals surface area contributed by atoms with E-state index in [0.717, 1.165) is 53.9 Å². The summed E-state index contributed by atoms with van der Waals surface area (Å²) in [5.74, 6) is 3.02. The third-order valence-corrected chi connectivity index (χ3v) is 6.12. The van der Waals surface area contributed by atoms with Gasteiger partial charge in [-0.2, -0.15) is 16.9 Å². The van der Waals surface area contributed by atoms with E-state index in [0.29, 0.717) is 29.8 Å². The van der Waals surface area contributed by atoms with Crippen LogP contribution in [0.25, 0.3) is 0 Å². The molecule has 0 spiro atoms. The average molecular weight is 345 g/mol. The Balaban J connectivity index is 1.47. The van der Waals surface area contributed by atoms with Crippen molar-refractivity contribution in [3.8, 4) is 0 Å². The van der Waals surface area contributed by atoms with Crippen LogP contribution in [0.3, 0.4) is 0 Å². The molecule has 1 fully saturated rings. The van der Waals surface area contributed by atoms with Crippen LogP contribution < -0.4 is 5.32 Å². The maximum absolute atomic E-state index is 14.6. The number of nitrogens with zero attached hydrogens (tertiary/aromatic N) is 1. The van der Waals surface area contributed by atoms with Crippen LogP contribution in [0.1, 0.15) is 48.4 Å². The van der Waals surface area contributed by atoms with Crippen molar-refractivity contribution in [3.05, 3.63) is 40.8 Å². The molecule has 4 nitrogen and oxygen atoms in total. The topological polar surface area (TPSA) is 57.8 Å². The highest BCUT2D eigenvalue weighted by Gasteiger charge is 2.27. The highest BCUT2D eigenvalue weighted by Crippen LogP contribution is 2.40. The van der Waals surface area contributed by atoms with E-state index in [9.17, 15) is 9.18 Å². The number of hydrogen-bond acceptors (Lipinski definition) is 4. The molecule has 1 aliphatic carbocycles. The van der Waals surface area contributed by atoms with Crippen LogP contribution in [-0.2, 0) is 16.3 Å². The van der Waals surface area contributed by atoms with E-state index in [4.69, 9.17) is 0 Å². The molecule has 6 heteroatoms. The van der Waals surface area contributed by atoms with Crippen molar-refractivity contribution in [3.63, 3.8) is 0 Å². The van der Waals surface area contributed by atoms with E-state index in [-0.39, 0.29) is 5.82 Å². The van der Waals surface area contributed by atoms with Crippen LogP contribution in [0.2, 0.25) is 0 Å². The SMILES string of the molecule is O=CCC1CCC(c2cc(Nc3ccc4c(c3F)CSC4)n[nH]2)C1.